The lowest BCUT2D eigenvalue weighted by molar-refractivity contribution is -0.302. The third-order valence-corrected chi connectivity index (χ3v) is 11.7. The van der Waals surface area contributed by atoms with E-state index in [0.29, 0.717) is 12.8 Å². The smallest absolute Gasteiger partial charge is 0.220 e. The molecule has 9 nitrogen and oxygen atoms in total. The van der Waals surface area contributed by atoms with Crippen LogP contribution in [0.5, 0.6) is 0 Å². The fourth-order valence-electron chi connectivity index (χ4n) is 7.87. The molecule has 0 aromatic heterocycles. The minimum absolute atomic E-state index is 0.132. The maximum Gasteiger partial charge on any atom is 0.220 e. The van der Waals surface area contributed by atoms with Gasteiger partial charge >= 0.3 is 0 Å². The molecule has 7 atom stereocenters. The summed E-state index contributed by atoms with van der Waals surface area (Å²) in [5.74, 6) is -0.140. The topological polar surface area (TPSA) is 149 Å². The Morgan fingerprint density at radius 3 is 1.29 bits per heavy atom. The van der Waals surface area contributed by atoms with E-state index < -0.39 is 49.5 Å². The molecular formula is C46H91NO8. The fraction of sp³-hybridized carbons (Fsp3) is 0.978. The predicted octanol–water partition coefficient (Wildman–Crippen LogP) is 9.95. The minimum Gasteiger partial charge on any atom is -0.394 e. The van der Waals surface area contributed by atoms with Gasteiger partial charge in [0.05, 0.1) is 25.4 Å². The summed E-state index contributed by atoms with van der Waals surface area (Å²) in [6, 6.07) is -0.711. The van der Waals surface area contributed by atoms with Crippen molar-refractivity contribution in [3.05, 3.63) is 0 Å². The van der Waals surface area contributed by atoms with Crippen LogP contribution in [-0.4, -0.2) is 87.5 Å². The quantitative estimate of drug-likeness (QED) is 0.0337. The van der Waals surface area contributed by atoms with Crippen molar-refractivity contribution in [2.45, 2.75) is 275 Å². The summed E-state index contributed by atoms with van der Waals surface area (Å²) in [6.07, 6.45) is 33.9. The largest absolute Gasteiger partial charge is 0.394 e. The average molecular weight is 786 g/mol. The molecule has 0 aromatic carbocycles. The summed E-state index contributed by atoms with van der Waals surface area (Å²) in [5.41, 5.74) is 0. The molecule has 1 aliphatic heterocycles. The molecule has 0 saturated carbocycles. The highest BCUT2D eigenvalue weighted by molar-refractivity contribution is 5.76. The minimum atomic E-state index is -1.55. The molecule has 1 aliphatic rings. The standard InChI is InChI=1S/C46H91NO8/c1-3-5-7-9-11-13-15-17-19-20-21-22-24-26-28-30-32-34-36-42(50)47-39(38-54-46-45(53)44(52)43(51)41(37-48)55-46)40(49)35-33-31-29-27-25-23-18-16-14-12-10-8-6-4-2/h39-41,43-46,48-49,51-53H,3-38H2,1-2H3,(H,47,50)/t39-,40+,41+,43-,44?,45?,46+/m0/s1. The highest BCUT2D eigenvalue weighted by Crippen LogP contribution is 2.23. The lowest BCUT2D eigenvalue weighted by Gasteiger charge is -2.40. The molecule has 1 heterocycles. The second kappa shape index (κ2) is 37.5. The van der Waals surface area contributed by atoms with E-state index in [9.17, 15) is 30.3 Å². The summed E-state index contributed by atoms with van der Waals surface area (Å²) in [6.45, 7) is 3.85. The number of ether oxygens (including phenoxy) is 2. The summed E-state index contributed by atoms with van der Waals surface area (Å²) in [5, 5.41) is 54.4. The first-order chi connectivity index (χ1) is 26.8. The van der Waals surface area contributed by atoms with Crippen LogP contribution in [0.15, 0.2) is 0 Å². The highest BCUT2D eigenvalue weighted by atomic mass is 16.7. The number of hydrogen-bond acceptors (Lipinski definition) is 8. The maximum atomic E-state index is 13.0. The van der Waals surface area contributed by atoms with Gasteiger partial charge < -0.3 is 40.3 Å². The Morgan fingerprint density at radius 1 is 0.545 bits per heavy atom. The van der Waals surface area contributed by atoms with Gasteiger partial charge in [-0.3, -0.25) is 4.79 Å². The molecular weight excluding hydrogens is 695 g/mol. The second-order valence-electron chi connectivity index (χ2n) is 16.9. The Hall–Kier alpha value is -0.810. The van der Waals surface area contributed by atoms with Gasteiger partial charge in [-0.15, -0.1) is 0 Å². The molecule has 0 bridgehead atoms. The third-order valence-electron chi connectivity index (χ3n) is 11.7. The first-order valence-electron chi connectivity index (χ1n) is 23.7. The van der Waals surface area contributed by atoms with E-state index in [1.165, 1.54) is 167 Å². The van der Waals surface area contributed by atoms with Crippen LogP contribution in [-0.2, 0) is 14.3 Å². The predicted molar refractivity (Wildman–Crippen MR) is 226 cm³/mol. The van der Waals surface area contributed by atoms with Crippen molar-refractivity contribution >= 4 is 5.91 Å². The number of hydrogen-bond donors (Lipinski definition) is 6. The average Bonchev–Trinajstić information content (AvgIpc) is 3.18. The van der Waals surface area contributed by atoms with Crippen molar-refractivity contribution < 1.29 is 39.8 Å². The first kappa shape index (κ1) is 52.2. The molecule has 2 unspecified atom stereocenters. The van der Waals surface area contributed by atoms with Gasteiger partial charge in [-0.25, -0.2) is 0 Å². The number of carbonyl (C=O) groups excluding carboxylic acids is 1. The van der Waals surface area contributed by atoms with E-state index in [1.54, 1.807) is 0 Å². The van der Waals surface area contributed by atoms with Gasteiger partial charge in [-0.05, 0) is 12.8 Å². The molecule has 1 rings (SSSR count). The Labute approximate surface area is 338 Å². The van der Waals surface area contributed by atoms with E-state index in [2.05, 4.69) is 19.2 Å². The zero-order valence-corrected chi connectivity index (χ0v) is 36.0. The van der Waals surface area contributed by atoms with Gasteiger partial charge in [0.25, 0.3) is 0 Å². The van der Waals surface area contributed by atoms with Crippen LogP contribution in [0.25, 0.3) is 0 Å². The van der Waals surface area contributed by atoms with Crippen LogP contribution >= 0.6 is 0 Å². The van der Waals surface area contributed by atoms with Crippen LogP contribution in [0.4, 0.5) is 0 Å². The molecule has 9 heteroatoms. The SMILES string of the molecule is CCCCCCCCCCCCCCCCCCCCC(=O)N[C@@H](CO[C@@H]1O[C@H](CO)[C@H](O)C(O)C1O)[C@H](O)CCCCCCCCCCCCCCCC. The molecule has 1 saturated heterocycles. The zero-order chi connectivity index (χ0) is 40.2. The van der Waals surface area contributed by atoms with Gasteiger partial charge in [-0.1, -0.05) is 213 Å². The molecule has 1 amide bonds. The van der Waals surface area contributed by atoms with Crippen LogP contribution in [0.3, 0.4) is 0 Å². The van der Waals surface area contributed by atoms with E-state index in [1.807, 2.05) is 0 Å². The maximum absolute atomic E-state index is 13.0. The summed E-state index contributed by atoms with van der Waals surface area (Å²) < 4.78 is 11.3. The third kappa shape index (κ3) is 28.3. The number of nitrogens with one attached hydrogen (secondary N) is 1. The van der Waals surface area contributed by atoms with Crippen LogP contribution in [0.1, 0.15) is 232 Å². The highest BCUT2D eigenvalue weighted by Gasteiger charge is 2.44. The van der Waals surface area contributed by atoms with Gasteiger partial charge in [0.15, 0.2) is 6.29 Å². The molecule has 0 radical (unpaired) electrons. The van der Waals surface area contributed by atoms with E-state index in [-0.39, 0.29) is 12.5 Å². The van der Waals surface area contributed by atoms with Crippen molar-refractivity contribution in [2.24, 2.45) is 0 Å². The van der Waals surface area contributed by atoms with E-state index in [0.717, 1.165) is 38.5 Å². The molecule has 0 aliphatic carbocycles. The van der Waals surface area contributed by atoms with Crippen LogP contribution < -0.4 is 5.32 Å². The number of unbranched alkanes of at least 4 members (excludes halogenated alkanes) is 30. The van der Waals surface area contributed by atoms with Crippen molar-refractivity contribution in [1.29, 1.82) is 0 Å². The monoisotopic (exact) mass is 786 g/mol. The normalized spacial score (nSPS) is 21.2. The van der Waals surface area contributed by atoms with Gasteiger partial charge in [0.2, 0.25) is 5.91 Å². The van der Waals surface area contributed by atoms with Crippen molar-refractivity contribution in [1.82, 2.24) is 5.32 Å². The van der Waals surface area contributed by atoms with Crippen molar-refractivity contribution in [2.75, 3.05) is 13.2 Å². The van der Waals surface area contributed by atoms with Gasteiger partial charge in [-0.2, -0.15) is 0 Å². The van der Waals surface area contributed by atoms with E-state index >= 15 is 0 Å². The Morgan fingerprint density at radius 2 is 0.909 bits per heavy atom. The Bertz CT molecular complexity index is 832. The molecule has 0 spiro atoms. The Balaban J connectivity index is 2.29. The fourth-order valence-corrected chi connectivity index (χ4v) is 7.87. The van der Waals surface area contributed by atoms with Crippen LogP contribution in [0.2, 0.25) is 0 Å². The van der Waals surface area contributed by atoms with Crippen LogP contribution in [0, 0.1) is 0 Å². The van der Waals surface area contributed by atoms with E-state index in [4.69, 9.17) is 9.47 Å². The number of amides is 1. The van der Waals surface area contributed by atoms with Crippen molar-refractivity contribution in [3.63, 3.8) is 0 Å². The lowest BCUT2D eigenvalue weighted by atomic mass is 9.99. The number of aliphatic hydroxyl groups is 5. The number of aliphatic hydroxyl groups excluding tert-OH is 5. The summed E-state index contributed by atoms with van der Waals surface area (Å²) in [4.78, 5) is 13.0. The summed E-state index contributed by atoms with van der Waals surface area (Å²) in [7, 11) is 0. The Kier molecular flexibility index (Phi) is 35.6. The number of rotatable bonds is 40. The molecule has 0 aromatic rings. The molecule has 55 heavy (non-hydrogen) atoms. The molecule has 1 fully saturated rings. The molecule has 328 valence electrons. The second-order valence-corrected chi connectivity index (χ2v) is 16.9. The summed E-state index contributed by atoms with van der Waals surface area (Å²) >= 11 is 0. The molecule has 6 N–H and O–H groups in total. The first-order valence-corrected chi connectivity index (χ1v) is 23.7. The zero-order valence-electron chi connectivity index (χ0n) is 36.0. The number of carbonyl (C=O) groups is 1. The van der Waals surface area contributed by atoms with Crippen molar-refractivity contribution in [3.8, 4) is 0 Å². The lowest BCUT2D eigenvalue weighted by Crippen LogP contribution is -2.60. The van der Waals surface area contributed by atoms with Gasteiger partial charge in [0.1, 0.15) is 24.4 Å². The van der Waals surface area contributed by atoms with Gasteiger partial charge in [0, 0.05) is 6.42 Å².